The second-order valence-electron chi connectivity index (χ2n) is 8.31. The number of hydrogen-bond donors (Lipinski definition) is 0. The predicted molar refractivity (Wildman–Crippen MR) is 117 cm³/mol. The molecule has 0 bridgehead atoms. The third kappa shape index (κ3) is 5.58. The van der Waals surface area contributed by atoms with Crippen molar-refractivity contribution in [2.75, 3.05) is 0 Å². The van der Waals surface area contributed by atoms with Crippen LogP contribution in [0.2, 0.25) is 0 Å². The molecule has 0 aliphatic rings. The van der Waals surface area contributed by atoms with Gasteiger partial charge in [0.2, 0.25) is 6.36 Å². The molecule has 1 aromatic rings. The first-order valence-corrected chi connectivity index (χ1v) is 11.3. The maximum absolute atomic E-state index is 16.2. The highest BCUT2D eigenvalue weighted by Crippen LogP contribution is 2.58. The Hall–Kier alpha value is -1.38. The summed E-state index contributed by atoms with van der Waals surface area (Å²) in [4.78, 5) is 11.1. The molecule has 0 fully saturated rings. The second-order valence-corrected chi connectivity index (χ2v) is 8.31. The lowest BCUT2D eigenvalue weighted by atomic mass is 9.53. The molecule has 28 heavy (non-hydrogen) atoms. The summed E-state index contributed by atoms with van der Waals surface area (Å²) in [6.07, 6.45) is 9.22. The lowest BCUT2D eigenvalue weighted by molar-refractivity contribution is -0.152. The molecule has 0 N–H and O–H groups in total. The monoisotopic (exact) mass is 392 g/mol. The molecule has 1 unspecified atom stereocenters. The van der Waals surface area contributed by atoms with E-state index in [0.717, 1.165) is 70.5 Å². The molecule has 0 aromatic heterocycles. The minimum atomic E-state index is -1.38. The summed E-state index contributed by atoms with van der Waals surface area (Å²) < 4.78 is 22.1. The highest BCUT2D eigenvalue weighted by atomic mass is 19.1. The molecule has 0 aliphatic heterocycles. The zero-order valence-electron chi connectivity index (χ0n) is 18.7. The SMILES string of the molecule is CCCC(CCC)(CCC)C(CCC)(CCC)C(F)Oc1cccc(C=O)c1. The average molecular weight is 393 g/mol. The van der Waals surface area contributed by atoms with Crippen LogP contribution in [0.5, 0.6) is 5.75 Å². The Morgan fingerprint density at radius 1 is 0.893 bits per heavy atom. The van der Waals surface area contributed by atoms with E-state index in [1.54, 1.807) is 24.3 Å². The highest BCUT2D eigenvalue weighted by molar-refractivity contribution is 5.75. The molecule has 0 heterocycles. The van der Waals surface area contributed by atoms with Crippen molar-refractivity contribution in [3.8, 4) is 5.75 Å². The topological polar surface area (TPSA) is 26.3 Å². The first-order chi connectivity index (χ1) is 13.5. The number of aldehydes is 1. The minimum absolute atomic E-state index is 0.0566. The van der Waals surface area contributed by atoms with E-state index in [1.807, 2.05) is 0 Å². The van der Waals surface area contributed by atoms with Gasteiger partial charge >= 0.3 is 0 Å². The fourth-order valence-corrected chi connectivity index (χ4v) is 5.47. The zero-order valence-corrected chi connectivity index (χ0v) is 18.7. The Labute approximate surface area is 172 Å². The molecule has 0 aliphatic carbocycles. The van der Waals surface area contributed by atoms with Crippen molar-refractivity contribution in [1.29, 1.82) is 0 Å². The first kappa shape index (κ1) is 24.7. The van der Waals surface area contributed by atoms with Gasteiger partial charge in [-0.2, -0.15) is 0 Å². The Bertz CT molecular complexity index is 546. The predicted octanol–water partition coefficient (Wildman–Crippen LogP) is 8.15. The molecule has 1 rings (SSSR count). The van der Waals surface area contributed by atoms with Gasteiger partial charge in [-0.05, 0) is 49.7 Å². The normalized spacial score (nSPS) is 13.4. The lowest BCUT2D eigenvalue weighted by Gasteiger charge is -2.53. The molecular formula is C25H41FO2. The van der Waals surface area contributed by atoms with Gasteiger partial charge in [0.15, 0.2) is 0 Å². The van der Waals surface area contributed by atoms with Crippen molar-refractivity contribution in [3.63, 3.8) is 0 Å². The van der Waals surface area contributed by atoms with Crippen LogP contribution in [-0.2, 0) is 0 Å². The van der Waals surface area contributed by atoms with E-state index in [-0.39, 0.29) is 5.41 Å². The molecule has 0 saturated carbocycles. The van der Waals surface area contributed by atoms with Crippen LogP contribution in [0.3, 0.4) is 0 Å². The molecule has 0 radical (unpaired) electrons. The maximum Gasteiger partial charge on any atom is 0.244 e. The van der Waals surface area contributed by atoms with E-state index in [4.69, 9.17) is 4.74 Å². The van der Waals surface area contributed by atoms with E-state index >= 15 is 4.39 Å². The van der Waals surface area contributed by atoms with Gasteiger partial charge in [0, 0.05) is 11.0 Å². The Kier molecular flexibility index (Phi) is 10.8. The van der Waals surface area contributed by atoms with Crippen molar-refractivity contribution in [3.05, 3.63) is 29.8 Å². The summed E-state index contributed by atoms with van der Waals surface area (Å²) in [6.45, 7) is 10.9. The average Bonchev–Trinajstić information content (AvgIpc) is 2.68. The number of rotatable bonds is 15. The van der Waals surface area contributed by atoms with E-state index < -0.39 is 11.8 Å². The van der Waals surface area contributed by atoms with Gasteiger partial charge in [0.1, 0.15) is 12.0 Å². The number of benzene rings is 1. The minimum Gasteiger partial charge on any atom is -0.460 e. The zero-order chi connectivity index (χ0) is 21.0. The van der Waals surface area contributed by atoms with E-state index in [9.17, 15) is 4.79 Å². The number of halogens is 1. The van der Waals surface area contributed by atoms with E-state index in [0.29, 0.717) is 11.3 Å². The van der Waals surface area contributed by atoms with Gasteiger partial charge < -0.3 is 4.74 Å². The van der Waals surface area contributed by atoms with Gasteiger partial charge in [0.05, 0.1) is 0 Å². The van der Waals surface area contributed by atoms with Crippen LogP contribution in [-0.4, -0.2) is 12.6 Å². The van der Waals surface area contributed by atoms with Crippen LogP contribution in [0.1, 0.15) is 109 Å². The third-order valence-electron chi connectivity index (χ3n) is 6.30. The molecule has 0 saturated heterocycles. The number of carbonyl (C=O) groups is 1. The molecule has 1 atom stereocenters. The highest BCUT2D eigenvalue weighted by Gasteiger charge is 2.54. The van der Waals surface area contributed by atoms with Crippen molar-refractivity contribution in [2.45, 2.75) is 105 Å². The summed E-state index contributed by atoms with van der Waals surface area (Å²) in [7, 11) is 0. The summed E-state index contributed by atoms with van der Waals surface area (Å²) >= 11 is 0. The molecule has 1 aromatic carbocycles. The third-order valence-corrected chi connectivity index (χ3v) is 6.30. The number of carbonyl (C=O) groups excluding carboxylic acids is 1. The fourth-order valence-electron chi connectivity index (χ4n) is 5.47. The first-order valence-electron chi connectivity index (χ1n) is 11.3. The summed E-state index contributed by atoms with van der Waals surface area (Å²) in [5.41, 5.74) is -0.0440. The Morgan fingerprint density at radius 2 is 1.39 bits per heavy atom. The summed E-state index contributed by atoms with van der Waals surface area (Å²) in [5, 5.41) is 0. The molecule has 0 spiro atoms. The quantitative estimate of drug-likeness (QED) is 0.281. The summed E-state index contributed by atoms with van der Waals surface area (Å²) in [6, 6.07) is 6.87. The van der Waals surface area contributed by atoms with Crippen LogP contribution >= 0.6 is 0 Å². The van der Waals surface area contributed by atoms with Crippen molar-refractivity contribution in [1.82, 2.24) is 0 Å². The van der Waals surface area contributed by atoms with Crippen LogP contribution in [0, 0.1) is 10.8 Å². The van der Waals surface area contributed by atoms with Gasteiger partial charge in [-0.1, -0.05) is 78.9 Å². The van der Waals surface area contributed by atoms with Crippen molar-refractivity contribution >= 4 is 6.29 Å². The number of hydrogen-bond acceptors (Lipinski definition) is 2. The molecule has 3 heteroatoms. The fraction of sp³-hybridized carbons (Fsp3) is 0.720. The van der Waals surface area contributed by atoms with Crippen molar-refractivity contribution in [2.24, 2.45) is 10.8 Å². The maximum atomic E-state index is 16.2. The molecule has 0 amide bonds. The largest absolute Gasteiger partial charge is 0.460 e. The molecular weight excluding hydrogens is 351 g/mol. The lowest BCUT2D eigenvalue weighted by Crippen LogP contribution is -2.51. The van der Waals surface area contributed by atoms with Crippen LogP contribution in [0.15, 0.2) is 24.3 Å². The standard InChI is InChI=1S/C25H41FO2/c1-6-14-24(15-7-2,16-8-3)25(17-9-4,18-10-5)23(26)28-22-13-11-12-21(19-22)20-27/h11-13,19-20,23H,6-10,14-18H2,1-5H3. The van der Waals surface area contributed by atoms with E-state index in [1.165, 1.54) is 0 Å². The van der Waals surface area contributed by atoms with Crippen LogP contribution in [0.25, 0.3) is 0 Å². The van der Waals surface area contributed by atoms with Gasteiger partial charge in [-0.3, -0.25) is 4.79 Å². The van der Waals surface area contributed by atoms with Gasteiger partial charge in [-0.15, -0.1) is 0 Å². The van der Waals surface area contributed by atoms with Gasteiger partial charge in [0.25, 0.3) is 0 Å². The summed E-state index contributed by atoms with van der Waals surface area (Å²) in [5.74, 6) is 0.451. The second kappa shape index (κ2) is 12.2. The smallest absolute Gasteiger partial charge is 0.244 e. The molecule has 160 valence electrons. The number of ether oxygens (including phenoxy) is 1. The van der Waals surface area contributed by atoms with E-state index in [2.05, 4.69) is 34.6 Å². The van der Waals surface area contributed by atoms with Gasteiger partial charge in [-0.25, -0.2) is 4.39 Å². The molecule has 2 nitrogen and oxygen atoms in total. The number of alkyl halides is 1. The van der Waals surface area contributed by atoms with Crippen LogP contribution < -0.4 is 4.74 Å². The Balaban J connectivity index is 3.43. The van der Waals surface area contributed by atoms with Crippen molar-refractivity contribution < 1.29 is 13.9 Å². The van der Waals surface area contributed by atoms with Crippen LogP contribution in [0.4, 0.5) is 4.39 Å². The Morgan fingerprint density at radius 3 is 1.82 bits per heavy atom.